The van der Waals surface area contributed by atoms with Gasteiger partial charge in [0.1, 0.15) is 16.6 Å². The van der Waals surface area contributed by atoms with Crippen molar-refractivity contribution in [2.75, 3.05) is 43.4 Å². The topological polar surface area (TPSA) is 62.1 Å². The summed E-state index contributed by atoms with van der Waals surface area (Å²) in [7, 11) is 2.11. The summed E-state index contributed by atoms with van der Waals surface area (Å²) >= 11 is 1.27. The molecule has 1 N–H and O–H groups in total. The highest BCUT2D eigenvalue weighted by Crippen LogP contribution is 2.38. The number of alkyl halides is 3. The third kappa shape index (κ3) is 5.68. The molecule has 5 aromatic rings. The normalized spacial score (nSPS) is 14.6. The van der Waals surface area contributed by atoms with Crippen molar-refractivity contribution in [3.8, 4) is 22.0 Å². The Hall–Kier alpha value is -4.03. The molecule has 1 fully saturated rings. The monoisotopic (exact) mass is 595 g/mol. The van der Waals surface area contributed by atoms with Gasteiger partial charge in [0.15, 0.2) is 0 Å². The van der Waals surface area contributed by atoms with Crippen LogP contribution in [-0.4, -0.2) is 57.9 Å². The van der Waals surface area contributed by atoms with E-state index in [1.807, 2.05) is 6.07 Å². The number of hydrogen-bond donors (Lipinski definition) is 1. The average molecular weight is 596 g/mol. The third-order valence-electron chi connectivity index (χ3n) is 7.39. The second-order valence-corrected chi connectivity index (χ2v) is 11.3. The van der Waals surface area contributed by atoms with E-state index in [4.69, 9.17) is 4.98 Å². The van der Waals surface area contributed by atoms with Crippen LogP contribution in [0.25, 0.3) is 33.0 Å². The van der Waals surface area contributed by atoms with Crippen molar-refractivity contribution < 1.29 is 17.6 Å². The lowest BCUT2D eigenvalue weighted by molar-refractivity contribution is -0.137. The number of nitrogens with one attached hydrogen (secondary N) is 1. The number of hydrogen-bond acceptors (Lipinski definition) is 7. The fraction of sp³-hybridized carbons (Fsp3) is 0.300. The first kappa shape index (κ1) is 28.1. The predicted octanol–water partition coefficient (Wildman–Crippen LogP) is 7.29. The molecule has 0 saturated carbocycles. The van der Waals surface area contributed by atoms with E-state index in [1.54, 1.807) is 12.1 Å². The molecule has 2 aromatic heterocycles. The molecule has 0 atom stereocenters. The standard InChI is InChI=1S/C30H29F4N7S/c1-3-12-41-26-18-25(40-15-13-39(2)14-16-40)23(17-24(26)35-27(41)19-6-10-22(31)11-7-19)36-29-38-37-28(42-29)20-4-8-21(9-5-20)30(32,33)34/h4-11,17-18H,3,12-16H2,1-2H3,(H,36,38). The zero-order chi connectivity index (χ0) is 29.4. The van der Waals surface area contributed by atoms with Crippen LogP contribution in [-0.2, 0) is 12.7 Å². The number of benzene rings is 3. The highest BCUT2D eigenvalue weighted by atomic mass is 32.1. The Morgan fingerprint density at radius 2 is 1.60 bits per heavy atom. The molecule has 0 radical (unpaired) electrons. The van der Waals surface area contributed by atoms with Gasteiger partial charge in [-0.2, -0.15) is 13.2 Å². The smallest absolute Gasteiger partial charge is 0.367 e. The summed E-state index contributed by atoms with van der Waals surface area (Å²) in [6.45, 7) is 6.39. The lowest BCUT2D eigenvalue weighted by Crippen LogP contribution is -2.44. The molecule has 3 heterocycles. The van der Waals surface area contributed by atoms with E-state index in [0.717, 1.165) is 85.1 Å². The van der Waals surface area contributed by atoms with Gasteiger partial charge in [0, 0.05) is 43.9 Å². The van der Waals surface area contributed by atoms with Gasteiger partial charge in [0.25, 0.3) is 0 Å². The van der Waals surface area contributed by atoms with Crippen molar-refractivity contribution in [2.45, 2.75) is 26.1 Å². The maximum absolute atomic E-state index is 13.7. The predicted molar refractivity (Wildman–Crippen MR) is 159 cm³/mol. The number of likely N-dealkylation sites (N-methyl/N-ethyl adjacent to an activating group) is 1. The fourth-order valence-corrected chi connectivity index (χ4v) is 5.91. The van der Waals surface area contributed by atoms with E-state index < -0.39 is 11.7 Å². The van der Waals surface area contributed by atoms with Crippen LogP contribution >= 0.6 is 11.3 Å². The minimum atomic E-state index is -4.40. The van der Waals surface area contributed by atoms with Gasteiger partial charge in [-0.1, -0.05) is 30.4 Å². The van der Waals surface area contributed by atoms with Gasteiger partial charge in [-0.25, -0.2) is 9.37 Å². The molecule has 0 unspecified atom stereocenters. The molecule has 42 heavy (non-hydrogen) atoms. The Bertz CT molecular complexity index is 1690. The van der Waals surface area contributed by atoms with Crippen molar-refractivity contribution in [3.63, 3.8) is 0 Å². The van der Waals surface area contributed by atoms with Crippen LogP contribution in [0.2, 0.25) is 0 Å². The van der Waals surface area contributed by atoms with Crippen LogP contribution < -0.4 is 10.2 Å². The highest BCUT2D eigenvalue weighted by molar-refractivity contribution is 7.18. The quantitative estimate of drug-likeness (QED) is 0.200. The van der Waals surface area contributed by atoms with E-state index in [9.17, 15) is 17.6 Å². The number of halogens is 4. The molecule has 3 aromatic carbocycles. The van der Waals surface area contributed by atoms with Crippen LogP contribution in [0.5, 0.6) is 0 Å². The van der Waals surface area contributed by atoms with Gasteiger partial charge in [0.2, 0.25) is 5.13 Å². The van der Waals surface area contributed by atoms with E-state index in [1.165, 1.54) is 35.6 Å². The summed E-state index contributed by atoms with van der Waals surface area (Å²) in [5, 5.41) is 13.0. The number of piperazine rings is 1. The Balaban J connectivity index is 1.39. The first-order valence-corrected chi connectivity index (χ1v) is 14.5. The second-order valence-electron chi connectivity index (χ2n) is 10.4. The molecule has 0 aliphatic carbocycles. The summed E-state index contributed by atoms with van der Waals surface area (Å²) in [6, 6.07) is 15.4. The molecular weight excluding hydrogens is 566 g/mol. The summed E-state index contributed by atoms with van der Waals surface area (Å²) < 4.78 is 54.9. The van der Waals surface area contributed by atoms with Gasteiger partial charge < -0.3 is 19.7 Å². The molecule has 6 rings (SSSR count). The molecule has 0 bridgehead atoms. The first-order valence-electron chi connectivity index (χ1n) is 13.7. The molecule has 7 nitrogen and oxygen atoms in total. The Labute approximate surface area is 244 Å². The molecule has 1 saturated heterocycles. The van der Waals surface area contributed by atoms with Gasteiger partial charge in [-0.05, 0) is 62.0 Å². The maximum atomic E-state index is 13.7. The van der Waals surface area contributed by atoms with E-state index >= 15 is 0 Å². The molecule has 0 spiro atoms. The van der Waals surface area contributed by atoms with Crippen LogP contribution in [0.15, 0.2) is 60.7 Å². The summed E-state index contributed by atoms with van der Waals surface area (Å²) in [5.74, 6) is 0.474. The highest BCUT2D eigenvalue weighted by Gasteiger charge is 2.30. The van der Waals surface area contributed by atoms with Gasteiger partial charge >= 0.3 is 6.18 Å². The number of aryl methyl sites for hydroxylation is 1. The largest absolute Gasteiger partial charge is 0.416 e. The molecule has 218 valence electrons. The number of aromatic nitrogens is 4. The minimum Gasteiger partial charge on any atom is -0.367 e. The molecule has 1 aliphatic rings. The zero-order valence-corrected chi connectivity index (χ0v) is 23.9. The van der Waals surface area contributed by atoms with Gasteiger partial charge in [-0.15, -0.1) is 10.2 Å². The molecular formula is C30H29F4N7S. The Morgan fingerprint density at radius 3 is 2.26 bits per heavy atom. The molecule has 0 amide bonds. The lowest BCUT2D eigenvalue weighted by Gasteiger charge is -2.35. The maximum Gasteiger partial charge on any atom is 0.416 e. The lowest BCUT2D eigenvalue weighted by atomic mass is 10.1. The van der Waals surface area contributed by atoms with Crippen LogP contribution in [0.4, 0.5) is 34.1 Å². The number of imidazole rings is 1. The van der Waals surface area contributed by atoms with E-state index in [0.29, 0.717) is 15.7 Å². The van der Waals surface area contributed by atoms with Crippen molar-refractivity contribution in [1.29, 1.82) is 0 Å². The minimum absolute atomic E-state index is 0.298. The molecule has 12 heteroatoms. The second kappa shape index (κ2) is 11.3. The summed E-state index contributed by atoms with van der Waals surface area (Å²) in [6.07, 6.45) is -3.49. The Morgan fingerprint density at radius 1 is 0.905 bits per heavy atom. The van der Waals surface area contributed by atoms with Gasteiger partial charge in [0.05, 0.1) is 28.0 Å². The van der Waals surface area contributed by atoms with Crippen LogP contribution in [0.1, 0.15) is 18.9 Å². The van der Waals surface area contributed by atoms with Crippen LogP contribution in [0, 0.1) is 5.82 Å². The van der Waals surface area contributed by atoms with E-state index in [-0.39, 0.29) is 5.82 Å². The Kier molecular flexibility index (Phi) is 7.58. The number of rotatable bonds is 7. The number of nitrogens with zero attached hydrogens (tertiary/aromatic N) is 6. The third-order valence-corrected chi connectivity index (χ3v) is 8.27. The van der Waals surface area contributed by atoms with Crippen LogP contribution in [0.3, 0.4) is 0 Å². The molecule has 1 aliphatic heterocycles. The summed E-state index contributed by atoms with van der Waals surface area (Å²) in [4.78, 5) is 9.58. The first-order chi connectivity index (χ1) is 20.2. The van der Waals surface area contributed by atoms with Crippen molar-refractivity contribution in [1.82, 2.24) is 24.6 Å². The number of anilines is 3. The van der Waals surface area contributed by atoms with Crippen molar-refractivity contribution in [3.05, 3.63) is 72.0 Å². The summed E-state index contributed by atoms with van der Waals surface area (Å²) in [5.41, 5.74) is 4.28. The van der Waals surface area contributed by atoms with Crippen molar-refractivity contribution >= 4 is 38.9 Å². The average Bonchev–Trinajstić information content (AvgIpc) is 3.58. The van der Waals surface area contributed by atoms with Gasteiger partial charge in [-0.3, -0.25) is 0 Å². The van der Waals surface area contributed by atoms with E-state index in [2.05, 4.69) is 49.9 Å². The fourth-order valence-electron chi connectivity index (χ4n) is 5.15. The zero-order valence-electron chi connectivity index (χ0n) is 23.1. The van der Waals surface area contributed by atoms with Crippen molar-refractivity contribution in [2.24, 2.45) is 0 Å². The number of fused-ring (bicyclic) bond motifs is 1. The SMILES string of the molecule is CCCn1c(-c2ccc(F)cc2)nc2cc(Nc3nnc(-c4ccc(C(F)(F)F)cc4)s3)c(N3CCN(C)CC3)cc21.